The number of carbonyl (C=O) groups is 2. The molecule has 1 aliphatic heterocycles. The molecule has 1 saturated heterocycles. The fourth-order valence-corrected chi connectivity index (χ4v) is 4.75. The SMILES string of the molecule is Cc1c(CN2CCN(C(=O)C3CCCC3)CC2)cc(F)cc1NC(=O)c1ccc(Cl)cc1. The van der Waals surface area contributed by atoms with Gasteiger partial charge in [0.1, 0.15) is 5.82 Å². The van der Waals surface area contributed by atoms with Crippen molar-refractivity contribution in [3.05, 3.63) is 63.9 Å². The minimum atomic E-state index is -0.382. The van der Waals surface area contributed by atoms with Crippen LogP contribution in [0.4, 0.5) is 10.1 Å². The van der Waals surface area contributed by atoms with Crippen LogP contribution in [-0.4, -0.2) is 47.8 Å². The Labute approximate surface area is 193 Å². The lowest BCUT2D eigenvalue weighted by Crippen LogP contribution is -2.49. The number of hydrogen-bond acceptors (Lipinski definition) is 3. The normalized spacial score (nSPS) is 17.5. The molecule has 1 N–H and O–H groups in total. The highest BCUT2D eigenvalue weighted by atomic mass is 35.5. The van der Waals surface area contributed by atoms with Crippen molar-refractivity contribution in [1.29, 1.82) is 0 Å². The highest BCUT2D eigenvalue weighted by molar-refractivity contribution is 6.30. The molecule has 2 aromatic carbocycles. The van der Waals surface area contributed by atoms with E-state index in [1.54, 1.807) is 24.3 Å². The van der Waals surface area contributed by atoms with Crippen molar-refractivity contribution in [3.63, 3.8) is 0 Å². The zero-order valence-corrected chi connectivity index (χ0v) is 19.1. The molecule has 4 rings (SSSR count). The summed E-state index contributed by atoms with van der Waals surface area (Å²) in [6, 6.07) is 9.46. The molecule has 2 fully saturated rings. The van der Waals surface area contributed by atoms with Gasteiger partial charge < -0.3 is 10.2 Å². The van der Waals surface area contributed by atoms with Gasteiger partial charge in [0.05, 0.1) is 0 Å². The number of rotatable bonds is 5. The topological polar surface area (TPSA) is 52.6 Å². The number of amides is 2. The predicted octanol–water partition coefficient (Wildman–Crippen LogP) is 4.87. The number of hydrogen-bond donors (Lipinski definition) is 1. The van der Waals surface area contributed by atoms with Crippen LogP contribution in [0, 0.1) is 18.7 Å². The Bertz CT molecular complexity index is 981. The summed E-state index contributed by atoms with van der Waals surface area (Å²) < 4.78 is 14.4. The van der Waals surface area contributed by atoms with E-state index >= 15 is 0 Å². The summed E-state index contributed by atoms with van der Waals surface area (Å²) in [7, 11) is 0. The molecule has 32 heavy (non-hydrogen) atoms. The lowest BCUT2D eigenvalue weighted by Gasteiger charge is -2.36. The molecule has 0 spiro atoms. The molecule has 1 heterocycles. The Kier molecular flexibility index (Phi) is 7.11. The summed E-state index contributed by atoms with van der Waals surface area (Å²) >= 11 is 5.89. The summed E-state index contributed by atoms with van der Waals surface area (Å²) in [6.07, 6.45) is 4.36. The van der Waals surface area contributed by atoms with Gasteiger partial charge in [-0.3, -0.25) is 14.5 Å². The van der Waals surface area contributed by atoms with Crippen molar-refractivity contribution in [1.82, 2.24) is 9.80 Å². The van der Waals surface area contributed by atoms with E-state index in [1.165, 1.54) is 12.1 Å². The van der Waals surface area contributed by atoms with Crippen LogP contribution >= 0.6 is 11.6 Å². The van der Waals surface area contributed by atoms with Gasteiger partial charge in [0.25, 0.3) is 5.91 Å². The molecule has 0 atom stereocenters. The van der Waals surface area contributed by atoms with E-state index in [-0.39, 0.29) is 17.6 Å². The monoisotopic (exact) mass is 457 g/mol. The summed E-state index contributed by atoms with van der Waals surface area (Å²) in [4.78, 5) is 29.5. The molecule has 0 aromatic heterocycles. The molecule has 2 aromatic rings. The summed E-state index contributed by atoms with van der Waals surface area (Å²) in [5.74, 6) is -0.178. The molecular weight excluding hydrogens is 429 g/mol. The van der Waals surface area contributed by atoms with Crippen LogP contribution < -0.4 is 5.32 Å². The molecule has 2 amide bonds. The van der Waals surface area contributed by atoms with E-state index < -0.39 is 0 Å². The van der Waals surface area contributed by atoms with E-state index in [0.29, 0.717) is 41.8 Å². The number of nitrogens with zero attached hydrogens (tertiary/aromatic N) is 2. The van der Waals surface area contributed by atoms with E-state index in [4.69, 9.17) is 11.6 Å². The maximum Gasteiger partial charge on any atom is 0.255 e. The van der Waals surface area contributed by atoms with E-state index in [1.807, 2.05) is 11.8 Å². The molecule has 0 unspecified atom stereocenters. The number of nitrogens with one attached hydrogen (secondary N) is 1. The van der Waals surface area contributed by atoms with Gasteiger partial charge in [0.2, 0.25) is 5.91 Å². The Morgan fingerprint density at radius 2 is 1.72 bits per heavy atom. The van der Waals surface area contributed by atoms with Crippen molar-refractivity contribution < 1.29 is 14.0 Å². The molecule has 1 aliphatic carbocycles. The zero-order chi connectivity index (χ0) is 22.7. The maximum atomic E-state index is 14.4. The van der Waals surface area contributed by atoms with Crippen molar-refractivity contribution in [2.24, 2.45) is 5.92 Å². The highest BCUT2D eigenvalue weighted by Crippen LogP contribution is 2.28. The smallest absolute Gasteiger partial charge is 0.255 e. The van der Waals surface area contributed by atoms with Gasteiger partial charge in [0.15, 0.2) is 0 Å². The minimum absolute atomic E-state index is 0.207. The van der Waals surface area contributed by atoms with Crippen molar-refractivity contribution in [2.75, 3.05) is 31.5 Å². The molecule has 0 bridgehead atoms. The first-order valence-corrected chi connectivity index (χ1v) is 11.7. The Morgan fingerprint density at radius 1 is 1.06 bits per heavy atom. The van der Waals surface area contributed by atoms with Gasteiger partial charge in [-0.1, -0.05) is 24.4 Å². The van der Waals surface area contributed by atoms with Gasteiger partial charge >= 0.3 is 0 Å². The van der Waals surface area contributed by atoms with Crippen LogP contribution in [0.1, 0.15) is 47.2 Å². The predicted molar refractivity (Wildman–Crippen MR) is 124 cm³/mol. The zero-order valence-electron chi connectivity index (χ0n) is 18.4. The third kappa shape index (κ3) is 5.30. The van der Waals surface area contributed by atoms with Crippen molar-refractivity contribution in [2.45, 2.75) is 39.2 Å². The average molecular weight is 458 g/mol. The lowest BCUT2D eigenvalue weighted by molar-refractivity contribution is -0.137. The summed E-state index contributed by atoms with van der Waals surface area (Å²) in [5, 5.41) is 3.38. The number of halogens is 2. The Morgan fingerprint density at radius 3 is 2.38 bits per heavy atom. The number of anilines is 1. The molecule has 2 aliphatic rings. The molecule has 7 heteroatoms. The standard InChI is InChI=1S/C25H29ClFN3O2/c1-17-20(16-29-10-12-30(13-11-29)25(32)19-4-2-3-5-19)14-22(27)15-23(17)28-24(31)18-6-8-21(26)9-7-18/h6-9,14-15,19H,2-5,10-13,16H2,1H3,(H,28,31). The first-order valence-electron chi connectivity index (χ1n) is 11.3. The van der Waals surface area contributed by atoms with Gasteiger partial charge in [-0.2, -0.15) is 0 Å². The third-order valence-electron chi connectivity index (χ3n) is 6.62. The van der Waals surface area contributed by atoms with Gasteiger partial charge in [-0.05, 0) is 67.3 Å². The van der Waals surface area contributed by atoms with Gasteiger partial charge in [-0.25, -0.2) is 4.39 Å². The second kappa shape index (κ2) is 10.0. The fourth-order valence-electron chi connectivity index (χ4n) is 4.62. The fraction of sp³-hybridized carbons (Fsp3) is 0.440. The lowest BCUT2D eigenvalue weighted by atomic mass is 10.0. The minimum Gasteiger partial charge on any atom is -0.340 e. The quantitative estimate of drug-likeness (QED) is 0.696. The first kappa shape index (κ1) is 22.7. The number of carbonyl (C=O) groups excluding carboxylic acids is 2. The van der Waals surface area contributed by atoms with E-state index in [2.05, 4.69) is 10.2 Å². The van der Waals surface area contributed by atoms with E-state index in [0.717, 1.165) is 49.9 Å². The first-order chi connectivity index (χ1) is 15.4. The highest BCUT2D eigenvalue weighted by Gasteiger charge is 2.29. The Balaban J connectivity index is 1.39. The number of piperazine rings is 1. The largest absolute Gasteiger partial charge is 0.340 e. The van der Waals surface area contributed by atoms with E-state index in [9.17, 15) is 14.0 Å². The Hall–Kier alpha value is -2.44. The molecular formula is C25H29ClFN3O2. The maximum absolute atomic E-state index is 14.4. The van der Waals surface area contributed by atoms with Crippen LogP contribution in [0.15, 0.2) is 36.4 Å². The van der Waals surface area contributed by atoms with Crippen LogP contribution in [0.3, 0.4) is 0 Å². The third-order valence-corrected chi connectivity index (χ3v) is 6.87. The second-order valence-corrected chi connectivity index (χ2v) is 9.22. The van der Waals surface area contributed by atoms with Crippen LogP contribution in [0.25, 0.3) is 0 Å². The van der Waals surface area contributed by atoms with Crippen LogP contribution in [0.5, 0.6) is 0 Å². The second-order valence-electron chi connectivity index (χ2n) is 8.78. The summed E-state index contributed by atoms with van der Waals surface area (Å²) in [5.41, 5.74) is 2.61. The van der Waals surface area contributed by atoms with Crippen LogP contribution in [0.2, 0.25) is 5.02 Å². The van der Waals surface area contributed by atoms with Crippen molar-refractivity contribution in [3.8, 4) is 0 Å². The molecule has 170 valence electrons. The van der Waals surface area contributed by atoms with Crippen LogP contribution in [-0.2, 0) is 11.3 Å². The molecule has 5 nitrogen and oxygen atoms in total. The molecule has 0 radical (unpaired) electrons. The van der Waals surface area contributed by atoms with Crippen molar-refractivity contribution >= 4 is 29.1 Å². The summed E-state index contributed by atoms with van der Waals surface area (Å²) in [6.45, 7) is 5.43. The molecule has 1 saturated carbocycles. The van der Waals surface area contributed by atoms with Gasteiger partial charge in [0, 0.05) is 54.9 Å². The number of benzene rings is 2. The van der Waals surface area contributed by atoms with Gasteiger partial charge in [-0.15, -0.1) is 0 Å². The average Bonchev–Trinajstić information content (AvgIpc) is 3.32.